The number of carbonyl (C=O) groups is 1. The summed E-state index contributed by atoms with van der Waals surface area (Å²) in [6, 6.07) is 12.6. The molecule has 1 amide bonds. The molecule has 1 unspecified atom stereocenters. The van der Waals surface area contributed by atoms with E-state index in [1.54, 1.807) is 35.2 Å². The van der Waals surface area contributed by atoms with Crippen LogP contribution in [0.5, 0.6) is 5.75 Å². The van der Waals surface area contributed by atoms with Crippen LogP contribution in [-0.2, 0) is 0 Å². The molecule has 3 aromatic rings. The second-order valence-corrected chi connectivity index (χ2v) is 5.96. The summed E-state index contributed by atoms with van der Waals surface area (Å²) in [5.41, 5.74) is 1.89. The number of halogens is 1. The molecule has 1 aliphatic heterocycles. The molecule has 1 atom stereocenters. The number of carbonyl (C=O) groups excluding carboxylic acids is 1. The van der Waals surface area contributed by atoms with E-state index in [-0.39, 0.29) is 17.8 Å². The molecule has 0 bridgehead atoms. The van der Waals surface area contributed by atoms with Gasteiger partial charge >= 0.3 is 0 Å². The molecular weight excluding hydrogens is 328 g/mol. The molecule has 0 N–H and O–H groups in total. The highest BCUT2D eigenvalue weighted by Gasteiger charge is 2.31. The van der Waals surface area contributed by atoms with Crippen molar-refractivity contribution in [3.8, 4) is 5.75 Å². The summed E-state index contributed by atoms with van der Waals surface area (Å²) < 4.78 is 5.77. The van der Waals surface area contributed by atoms with Crippen LogP contribution in [0, 0.1) is 0 Å². The van der Waals surface area contributed by atoms with Gasteiger partial charge in [0.05, 0.1) is 22.8 Å². The number of benzene rings is 2. The van der Waals surface area contributed by atoms with Crippen molar-refractivity contribution < 1.29 is 9.53 Å². The average Bonchev–Trinajstić information content (AvgIpc) is 2.61. The first kappa shape index (κ1) is 14.8. The highest BCUT2D eigenvalue weighted by atomic mass is 35.5. The maximum absolute atomic E-state index is 12.9. The maximum atomic E-state index is 12.9. The Bertz CT molecular complexity index is 947. The lowest BCUT2D eigenvalue weighted by Crippen LogP contribution is -2.43. The van der Waals surface area contributed by atoms with Gasteiger partial charge in [0.2, 0.25) is 5.82 Å². The van der Waals surface area contributed by atoms with Crippen LogP contribution in [-0.4, -0.2) is 33.7 Å². The molecule has 4 rings (SSSR count). The number of rotatable bonds is 1. The molecule has 0 saturated heterocycles. The van der Waals surface area contributed by atoms with E-state index >= 15 is 0 Å². The summed E-state index contributed by atoms with van der Waals surface area (Å²) in [6.07, 6.45) is -0.185. The van der Waals surface area contributed by atoms with E-state index in [1.165, 1.54) is 0 Å². The van der Waals surface area contributed by atoms with E-state index in [2.05, 4.69) is 15.2 Å². The number of amides is 1. The van der Waals surface area contributed by atoms with Crippen LogP contribution in [0.3, 0.4) is 0 Å². The van der Waals surface area contributed by atoms with Gasteiger partial charge in [0.1, 0.15) is 11.6 Å². The van der Waals surface area contributed by atoms with Gasteiger partial charge in [0.15, 0.2) is 5.75 Å². The van der Waals surface area contributed by atoms with Gasteiger partial charge in [-0.1, -0.05) is 29.8 Å². The van der Waals surface area contributed by atoms with Crippen LogP contribution in [0.1, 0.15) is 17.5 Å². The monoisotopic (exact) mass is 340 g/mol. The summed E-state index contributed by atoms with van der Waals surface area (Å²) in [6.45, 7) is 2.27. The fourth-order valence-corrected chi connectivity index (χ4v) is 2.92. The van der Waals surface area contributed by atoms with Gasteiger partial charge in [-0.15, -0.1) is 10.2 Å². The quantitative estimate of drug-likeness (QED) is 0.681. The fraction of sp³-hybridized carbons (Fsp3) is 0.176. The molecule has 0 aliphatic carbocycles. The third-order valence-corrected chi connectivity index (χ3v) is 4.09. The number of anilines is 1. The van der Waals surface area contributed by atoms with E-state index in [0.717, 1.165) is 0 Å². The minimum atomic E-state index is -0.327. The Balaban J connectivity index is 1.77. The predicted molar refractivity (Wildman–Crippen MR) is 90.6 cm³/mol. The van der Waals surface area contributed by atoms with Crippen molar-refractivity contribution in [2.45, 2.75) is 13.0 Å². The highest BCUT2D eigenvalue weighted by Crippen LogP contribution is 2.39. The Labute approximate surface area is 143 Å². The SMILES string of the molecule is CC1CN(C(=O)c2nnc3ccccc3n2)c2cccc(Cl)c2O1. The summed E-state index contributed by atoms with van der Waals surface area (Å²) in [4.78, 5) is 18.8. The Morgan fingerprint density at radius 3 is 2.79 bits per heavy atom. The molecular formula is C17H13ClN4O2. The Kier molecular flexibility index (Phi) is 3.54. The second-order valence-electron chi connectivity index (χ2n) is 5.56. The van der Waals surface area contributed by atoms with Gasteiger partial charge < -0.3 is 4.74 Å². The van der Waals surface area contributed by atoms with E-state index in [1.807, 2.05) is 19.1 Å². The van der Waals surface area contributed by atoms with Crippen molar-refractivity contribution in [1.29, 1.82) is 0 Å². The van der Waals surface area contributed by atoms with Crippen molar-refractivity contribution in [2.75, 3.05) is 11.4 Å². The van der Waals surface area contributed by atoms with Crippen LogP contribution in [0.25, 0.3) is 11.0 Å². The maximum Gasteiger partial charge on any atom is 0.298 e. The molecule has 1 aliphatic rings. The summed E-state index contributed by atoms with van der Waals surface area (Å²) >= 11 is 6.20. The van der Waals surface area contributed by atoms with Crippen LogP contribution < -0.4 is 9.64 Å². The van der Waals surface area contributed by atoms with Crippen molar-refractivity contribution >= 4 is 34.2 Å². The summed E-state index contributed by atoms with van der Waals surface area (Å²) in [5, 5.41) is 8.52. The fourth-order valence-electron chi connectivity index (χ4n) is 2.71. The van der Waals surface area contributed by atoms with Crippen LogP contribution >= 0.6 is 11.6 Å². The van der Waals surface area contributed by atoms with Crippen LogP contribution in [0.2, 0.25) is 5.02 Å². The van der Waals surface area contributed by atoms with Crippen molar-refractivity contribution in [1.82, 2.24) is 15.2 Å². The summed E-state index contributed by atoms with van der Waals surface area (Å²) in [7, 11) is 0. The lowest BCUT2D eigenvalue weighted by atomic mass is 10.2. The second kappa shape index (κ2) is 5.72. The zero-order chi connectivity index (χ0) is 16.7. The molecule has 24 heavy (non-hydrogen) atoms. The topological polar surface area (TPSA) is 68.2 Å². The van der Waals surface area contributed by atoms with Gasteiger partial charge in [0, 0.05) is 0 Å². The van der Waals surface area contributed by atoms with Gasteiger partial charge in [-0.3, -0.25) is 9.69 Å². The Morgan fingerprint density at radius 2 is 1.96 bits per heavy atom. The van der Waals surface area contributed by atoms with E-state index in [4.69, 9.17) is 16.3 Å². The number of aromatic nitrogens is 3. The van der Waals surface area contributed by atoms with Crippen molar-refractivity contribution in [3.05, 3.63) is 53.3 Å². The number of fused-ring (bicyclic) bond motifs is 2. The molecule has 0 fully saturated rings. The third kappa shape index (κ3) is 2.45. The standard InChI is InChI=1S/C17H13ClN4O2/c1-10-9-22(14-8-4-5-11(18)15(14)24-10)17(23)16-19-12-6-2-3-7-13(12)20-21-16/h2-8,10H,9H2,1H3. The van der Waals surface area contributed by atoms with Gasteiger partial charge in [-0.25, -0.2) is 4.98 Å². The van der Waals surface area contributed by atoms with Crippen molar-refractivity contribution in [3.63, 3.8) is 0 Å². The molecule has 0 saturated carbocycles. The van der Waals surface area contributed by atoms with Crippen molar-refractivity contribution in [2.24, 2.45) is 0 Å². The number of hydrogen-bond acceptors (Lipinski definition) is 5. The minimum Gasteiger partial charge on any atom is -0.485 e. The molecule has 2 heterocycles. The summed E-state index contributed by atoms with van der Waals surface area (Å²) in [5.74, 6) is 0.223. The molecule has 6 nitrogen and oxygen atoms in total. The average molecular weight is 341 g/mol. The number of ether oxygens (including phenoxy) is 1. The molecule has 0 radical (unpaired) electrons. The first-order chi connectivity index (χ1) is 11.6. The van der Waals surface area contributed by atoms with Crippen LogP contribution in [0.15, 0.2) is 42.5 Å². The van der Waals surface area contributed by atoms with Gasteiger partial charge in [0.25, 0.3) is 5.91 Å². The number of nitrogens with zero attached hydrogens (tertiary/aromatic N) is 4. The highest BCUT2D eigenvalue weighted by molar-refractivity contribution is 6.32. The molecule has 7 heteroatoms. The third-order valence-electron chi connectivity index (χ3n) is 3.79. The Morgan fingerprint density at radius 1 is 1.17 bits per heavy atom. The zero-order valence-electron chi connectivity index (χ0n) is 12.8. The molecule has 2 aromatic carbocycles. The lowest BCUT2D eigenvalue weighted by Gasteiger charge is -2.33. The van der Waals surface area contributed by atoms with Gasteiger partial charge in [-0.2, -0.15) is 0 Å². The largest absolute Gasteiger partial charge is 0.485 e. The number of para-hydroxylation sites is 2. The van der Waals surface area contributed by atoms with E-state index in [0.29, 0.717) is 34.0 Å². The predicted octanol–water partition coefficient (Wildman–Crippen LogP) is 3.11. The molecule has 1 aromatic heterocycles. The number of hydrogen-bond donors (Lipinski definition) is 0. The first-order valence-corrected chi connectivity index (χ1v) is 7.88. The van der Waals surface area contributed by atoms with E-state index in [9.17, 15) is 4.79 Å². The first-order valence-electron chi connectivity index (χ1n) is 7.50. The lowest BCUT2D eigenvalue weighted by molar-refractivity contribution is 0.0950. The molecule has 120 valence electrons. The minimum absolute atomic E-state index is 0.0497. The van der Waals surface area contributed by atoms with Gasteiger partial charge in [-0.05, 0) is 31.2 Å². The smallest absolute Gasteiger partial charge is 0.298 e. The van der Waals surface area contributed by atoms with Crippen LogP contribution in [0.4, 0.5) is 5.69 Å². The normalized spacial score (nSPS) is 16.6. The van der Waals surface area contributed by atoms with E-state index < -0.39 is 0 Å². The Hall–Kier alpha value is -2.73. The zero-order valence-corrected chi connectivity index (χ0v) is 13.6. The molecule has 0 spiro atoms.